The Hall–Kier alpha value is -2.14. The number of aromatic nitrogens is 4. The Bertz CT molecular complexity index is 836. The van der Waals surface area contributed by atoms with Crippen molar-refractivity contribution in [1.82, 2.24) is 24.5 Å². The third-order valence-corrected chi connectivity index (χ3v) is 5.05. The summed E-state index contributed by atoms with van der Waals surface area (Å²) >= 11 is 0. The smallest absolute Gasteiger partial charge is 0.103 e. The number of fused-ring (bicyclic) bond motifs is 1. The Morgan fingerprint density at radius 2 is 1.83 bits per heavy atom. The molecular weight excluding hydrogens is 286 g/mol. The van der Waals surface area contributed by atoms with E-state index in [9.17, 15) is 0 Å². The molecule has 0 bridgehead atoms. The maximum Gasteiger partial charge on any atom is 0.103 e. The molecule has 3 heterocycles. The van der Waals surface area contributed by atoms with Gasteiger partial charge >= 0.3 is 0 Å². The third kappa shape index (κ3) is 2.55. The maximum absolute atomic E-state index is 4.57. The molecule has 1 aliphatic rings. The van der Waals surface area contributed by atoms with Crippen LogP contribution in [-0.2, 0) is 7.05 Å². The van der Waals surface area contributed by atoms with Crippen molar-refractivity contribution in [3.05, 3.63) is 41.9 Å². The van der Waals surface area contributed by atoms with Gasteiger partial charge in [0, 0.05) is 12.4 Å². The molecule has 3 aromatic rings. The second-order valence-electron chi connectivity index (χ2n) is 6.77. The zero-order valence-electron chi connectivity index (χ0n) is 14.0. The molecule has 1 fully saturated rings. The largest absolute Gasteiger partial charge is 0.306 e. The van der Waals surface area contributed by atoms with Gasteiger partial charge in [-0.15, -0.1) is 0 Å². The molecule has 1 aliphatic heterocycles. The minimum atomic E-state index is 0.660. The van der Waals surface area contributed by atoms with Crippen LogP contribution < -0.4 is 0 Å². The summed E-state index contributed by atoms with van der Waals surface area (Å²) < 4.78 is 3.81. The third-order valence-electron chi connectivity index (χ3n) is 5.05. The second-order valence-corrected chi connectivity index (χ2v) is 6.77. The van der Waals surface area contributed by atoms with Crippen molar-refractivity contribution in [3.63, 3.8) is 0 Å². The molecule has 0 unspecified atom stereocenters. The minimum absolute atomic E-state index is 0.660. The van der Waals surface area contributed by atoms with Crippen LogP contribution in [0.25, 0.3) is 16.6 Å². The SMILES string of the molecule is Cc1cc2cnn(-c3cnn(C)c3)c2cc1C1CCN(C)CC1. The maximum atomic E-state index is 4.57. The van der Waals surface area contributed by atoms with E-state index in [1.165, 1.54) is 48.0 Å². The van der Waals surface area contributed by atoms with E-state index >= 15 is 0 Å². The van der Waals surface area contributed by atoms with Gasteiger partial charge in [-0.05, 0) is 69.1 Å². The number of hydrogen-bond donors (Lipinski definition) is 0. The van der Waals surface area contributed by atoms with Crippen LogP contribution in [0.15, 0.2) is 30.7 Å². The van der Waals surface area contributed by atoms with E-state index < -0.39 is 0 Å². The Morgan fingerprint density at radius 3 is 2.52 bits per heavy atom. The van der Waals surface area contributed by atoms with Gasteiger partial charge in [0.15, 0.2) is 0 Å². The Kier molecular flexibility index (Phi) is 3.45. The van der Waals surface area contributed by atoms with Crippen molar-refractivity contribution in [1.29, 1.82) is 0 Å². The summed E-state index contributed by atoms with van der Waals surface area (Å²) in [5, 5.41) is 10.0. The van der Waals surface area contributed by atoms with Crippen LogP contribution in [0.1, 0.15) is 29.9 Å². The molecule has 120 valence electrons. The lowest BCUT2D eigenvalue weighted by Crippen LogP contribution is -2.29. The topological polar surface area (TPSA) is 38.9 Å². The molecular formula is C18H23N5. The number of piperidine rings is 1. The fourth-order valence-electron chi connectivity index (χ4n) is 3.69. The van der Waals surface area contributed by atoms with E-state index in [4.69, 9.17) is 0 Å². The first-order chi connectivity index (χ1) is 11.1. The average molecular weight is 309 g/mol. The van der Waals surface area contributed by atoms with Crippen LogP contribution in [-0.4, -0.2) is 44.6 Å². The highest BCUT2D eigenvalue weighted by Gasteiger charge is 2.21. The number of benzene rings is 1. The van der Waals surface area contributed by atoms with Crippen molar-refractivity contribution in [3.8, 4) is 5.69 Å². The monoisotopic (exact) mass is 309 g/mol. The first kappa shape index (κ1) is 14.5. The lowest BCUT2D eigenvalue weighted by atomic mass is 9.86. The van der Waals surface area contributed by atoms with Gasteiger partial charge in [-0.3, -0.25) is 4.68 Å². The molecule has 4 rings (SSSR count). The molecule has 0 saturated carbocycles. The van der Waals surface area contributed by atoms with Crippen molar-refractivity contribution >= 4 is 10.9 Å². The summed E-state index contributed by atoms with van der Waals surface area (Å²) in [5.41, 5.74) is 5.06. The van der Waals surface area contributed by atoms with E-state index in [2.05, 4.69) is 41.2 Å². The Balaban J connectivity index is 1.78. The number of likely N-dealkylation sites (tertiary alicyclic amines) is 1. The summed E-state index contributed by atoms with van der Waals surface area (Å²) in [7, 11) is 4.15. The van der Waals surface area contributed by atoms with E-state index in [1.807, 2.05) is 35.0 Å². The number of rotatable bonds is 2. The van der Waals surface area contributed by atoms with E-state index in [-0.39, 0.29) is 0 Å². The van der Waals surface area contributed by atoms with Gasteiger partial charge in [0.05, 0.1) is 24.1 Å². The molecule has 5 nitrogen and oxygen atoms in total. The highest BCUT2D eigenvalue weighted by atomic mass is 15.3. The highest BCUT2D eigenvalue weighted by molar-refractivity contribution is 5.82. The molecule has 0 atom stereocenters. The number of aryl methyl sites for hydroxylation is 2. The van der Waals surface area contributed by atoms with Crippen LogP contribution in [0.3, 0.4) is 0 Å². The lowest BCUT2D eigenvalue weighted by molar-refractivity contribution is 0.255. The lowest BCUT2D eigenvalue weighted by Gasteiger charge is -2.30. The average Bonchev–Trinajstić information content (AvgIpc) is 3.13. The van der Waals surface area contributed by atoms with Gasteiger partial charge in [0.25, 0.3) is 0 Å². The van der Waals surface area contributed by atoms with Crippen molar-refractivity contribution in [2.24, 2.45) is 7.05 Å². The predicted octanol–water partition coefficient (Wildman–Crippen LogP) is 2.88. The summed E-state index contributed by atoms with van der Waals surface area (Å²) in [6.07, 6.45) is 8.30. The zero-order valence-corrected chi connectivity index (χ0v) is 14.0. The van der Waals surface area contributed by atoms with Crippen LogP contribution in [0.2, 0.25) is 0 Å². The summed E-state index contributed by atoms with van der Waals surface area (Å²) in [4.78, 5) is 2.42. The number of nitrogens with zero attached hydrogens (tertiary/aromatic N) is 5. The van der Waals surface area contributed by atoms with Gasteiger partial charge in [0.1, 0.15) is 5.69 Å². The van der Waals surface area contributed by atoms with Gasteiger partial charge in [-0.1, -0.05) is 0 Å². The van der Waals surface area contributed by atoms with Crippen molar-refractivity contribution in [2.75, 3.05) is 20.1 Å². The van der Waals surface area contributed by atoms with E-state index in [0.29, 0.717) is 5.92 Å². The first-order valence-corrected chi connectivity index (χ1v) is 8.27. The van der Waals surface area contributed by atoms with Crippen molar-refractivity contribution in [2.45, 2.75) is 25.7 Å². The molecule has 23 heavy (non-hydrogen) atoms. The predicted molar refractivity (Wildman–Crippen MR) is 92.0 cm³/mol. The van der Waals surface area contributed by atoms with Crippen molar-refractivity contribution < 1.29 is 0 Å². The molecule has 0 spiro atoms. The Labute approximate surface area is 136 Å². The molecule has 0 aliphatic carbocycles. The van der Waals surface area contributed by atoms with Crippen LogP contribution in [0, 0.1) is 6.92 Å². The molecule has 0 N–H and O–H groups in total. The van der Waals surface area contributed by atoms with Crippen LogP contribution in [0.5, 0.6) is 0 Å². The molecule has 1 saturated heterocycles. The summed E-state index contributed by atoms with van der Waals surface area (Å²) in [6, 6.07) is 4.63. The highest BCUT2D eigenvalue weighted by Crippen LogP contribution is 2.33. The fraction of sp³-hybridized carbons (Fsp3) is 0.444. The molecule has 5 heteroatoms. The van der Waals surface area contributed by atoms with E-state index in [1.54, 1.807) is 0 Å². The van der Waals surface area contributed by atoms with Crippen LogP contribution >= 0.6 is 0 Å². The van der Waals surface area contributed by atoms with Gasteiger partial charge < -0.3 is 4.90 Å². The first-order valence-electron chi connectivity index (χ1n) is 8.27. The van der Waals surface area contributed by atoms with Crippen LogP contribution in [0.4, 0.5) is 0 Å². The number of hydrogen-bond acceptors (Lipinski definition) is 3. The molecule has 0 radical (unpaired) electrons. The van der Waals surface area contributed by atoms with Gasteiger partial charge in [-0.25, -0.2) is 4.68 Å². The van der Waals surface area contributed by atoms with E-state index in [0.717, 1.165) is 5.69 Å². The minimum Gasteiger partial charge on any atom is -0.306 e. The van der Waals surface area contributed by atoms with Gasteiger partial charge in [-0.2, -0.15) is 10.2 Å². The fourth-order valence-corrected chi connectivity index (χ4v) is 3.69. The normalized spacial score (nSPS) is 17.2. The summed E-state index contributed by atoms with van der Waals surface area (Å²) in [6.45, 7) is 4.60. The molecule has 1 aromatic carbocycles. The molecule has 2 aromatic heterocycles. The van der Waals surface area contributed by atoms with Gasteiger partial charge in [0.2, 0.25) is 0 Å². The standard InChI is InChI=1S/C18H23N5/c1-13-8-15-10-20-23(16-11-19-22(3)12-16)18(15)9-17(13)14-4-6-21(2)7-5-14/h8-12,14H,4-7H2,1-3H3. The molecule has 0 amide bonds. The second kappa shape index (κ2) is 5.49. The quantitative estimate of drug-likeness (QED) is 0.730. The summed E-state index contributed by atoms with van der Waals surface area (Å²) in [5.74, 6) is 0.660. The Morgan fingerprint density at radius 1 is 1.04 bits per heavy atom. The zero-order chi connectivity index (χ0) is 16.0.